The molecule has 0 saturated heterocycles. The van der Waals surface area contributed by atoms with E-state index in [2.05, 4.69) is 19.1 Å². The summed E-state index contributed by atoms with van der Waals surface area (Å²) in [5.74, 6) is 0.476. The van der Waals surface area contributed by atoms with Crippen LogP contribution in [-0.4, -0.2) is 26.1 Å². The lowest BCUT2D eigenvalue weighted by Gasteiger charge is -2.21. The molecule has 4 nitrogen and oxygen atoms in total. The fourth-order valence-electron chi connectivity index (χ4n) is 3.46. The van der Waals surface area contributed by atoms with Crippen molar-refractivity contribution in [3.63, 3.8) is 0 Å². The maximum atomic E-state index is 13.2. The van der Waals surface area contributed by atoms with E-state index < -0.39 is 15.4 Å². The van der Waals surface area contributed by atoms with Crippen molar-refractivity contribution in [1.29, 1.82) is 0 Å². The van der Waals surface area contributed by atoms with Gasteiger partial charge in [0.2, 0.25) is 5.78 Å². The number of ketones is 1. The summed E-state index contributed by atoms with van der Waals surface area (Å²) < 4.78 is 29.7. The van der Waals surface area contributed by atoms with Crippen molar-refractivity contribution in [3.05, 3.63) is 65.2 Å². The predicted molar refractivity (Wildman–Crippen MR) is 116 cm³/mol. The molecule has 1 atom stereocenters. The maximum Gasteiger partial charge on any atom is 0.210 e. The first kappa shape index (κ1) is 21.3. The molecule has 0 aromatic heterocycles. The Labute approximate surface area is 173 Å². The van der Waals surface area contributed by atoms with Gasteiger partial charge in [0.15, 0.2) is 15.4 Å². The van der Waals surface area contributed by atoms with E-state index in [0.717, 1.165) is 24.8 Å². The molecular formula is C24H28O4S. The molecule has 1 heterocycles. The molecule has 1 unspecified atom stereocenters. The van der Waals surface area contributed by atoms with E-state index in [1.807, 2.05) is 26.0 Å². The van der Waals surface area contributed by atoms with Crippen LogP contribution in [0.25, 0.3) is 11.3 Å². The summed E-state index contributed by atoms with van der Waals surface area (Å²) in [6, 6.07) is 14.6. The zero-order valence-corrected chi connectivity index (χ0v) is 18.3. The lowest BCUT2D eigenvalue weighted by molar-refractivity contribution is -0.126. The third-order valence-corrected chi connectivity index (χ3v) is 6.67. The van der Waals surface area contributed by atoms with Crippen LogP contribution in [0.5, 0.6) is 0 Å². The minimum Gasteiger partial charge on any atom is -0.478 e. The summed E-state index contributed by atoms with van der Waals surface area (Å²) in [5, 5.41) is 0. The number of unbranched alkanes of at least 4 members (excludes halogenated alkanes) is 1. The van der Waals surface area contributed by atoms with Crippen LogP contribution in [0, 0.1) is 0 Å². The van der Waals surface area contributed by atoms with Crippen LogP contribution in [0.1, 0.15) is 56.7 Å². The van der Waals surface area contributed by atoms with Gasteiger partial charge in [-0.15, -0.1) is 0 Å². The van der Waals surface area contributed by atoms with Crippen molar-refractivity contribution in [2.45, 2.75) is 57.0 Å². The monoisotopic (exact) mass is 412 g/mol. The highest BCUT2D eigenvalue weighted by Gasteiger charge is 2.45. The number of sulfone groups is 1. The Bertz CT molecular complexity index is 1030. The maximum absolute atomic E-state index is 13.2. The minimum atomic E-state index is -3.28. The van der Waals surface area contributed by atoms with Gasteiger partial charge in [-0.3, -0.25) is 4.79 Å². The normalized spacial score (nSPS) is 19.5. The number of rotatable bonds is 7. The summed E-state index contributed by atoms with van der Waals surface area (Å²) in [5.41, 5.74) is 2.42. The summed E-state index contributed by atoms with van der Waals surface area (Å²) in [6.45, 7) is 5.91. The average molecular weight is 413 g/mol. The second-order valence-corrected chi connectivity index (χ2v) is 9.83. The van der Waals surface area contributed by atoms with Crippen LogP contribution in [0.2, 0.25) is 0 Å². The molecule has 0 bridgehead atoms. The molecule has 0 fully saturated rings. The molecule has 2 aromatic rings. The highest BCUT2D eigenvalue weighted by atomic mass is 32.2. The molecular weight excluding hydrogens is 384 g/mol. The fraction of sp³-hybridized carbons (Fsp3) is 0.375. The number of aryl methyl sites for hydroxylation is 1. The predicted octanol–water partition coefficient (Wildman–Crippen LogP) is 5.07. The zero-order valence-electron chi connectivity index (χ0n) is 17.5. The van der Waals surface area contributed by atoms with E-state index in [4.69, 9.17) is 4.74 Å². The number of benzene rings is 2. The van der Waals surface area contributed by atoms with Gasteiger partial charge in [-0.25, -0.2) is 8.42 Å². The molecule has 3 rings (SSSR count). The first-order valence-corrected chi connectivity index (χ1v) is 12.0. The van der Waals surface area contributed by atoms with Crippen LogP contribution >= 0.6 is 0 Å². The van der Waals surface area contributed by atoms with Gasteiger partial charge in [-0.1, -0.05) is 44.5 Å². The lowest BCUT2D eigenvalue weighted by Crippen LogP contribution is -2.32. The third-order valence-electron chi connectivity index (χ3n) is 5.54. The first-order valence-electron chi connectivity index (χ1n) is 10.1. The summed E-state index contributed by atoms with van der Waals surface area (Å²) in [7, 11) is -3.28. The van der Waals surface area contributed by atoms with Crippen molar-refractivity contribution >= 4 is 27.0 Å². The molecule has 1 aliphatic rings. The Morgan fingerprint density at radius 3 is 2.03 bits per heavy atom. The van der Waals surface area contributed by atoms with Gasteiger partial charge >= 0.3 is 0 Å². The second-order valence-electron chi connectivity index (χ2n) is 7.82. The quantitative estimate of drug-likeness (QED) is 0.637. The molecule has 2 aromatic carbocycles. The van der Waals surface area contributed by atoms with Crippen molar-refractivity contribution in [3.8, 4) is 0 Å². The van der Waals surface area contributed by atoms with Crippen molar-refractivity contribution in [1.82, 2.24) is 0 Å². The molecule has 0 radical (unpaired) electrons. The second kappa shape index (κ2) is 8.15. The Morgan fingerprint density at radius 1 is 0.931 bits per heavy atom. The highest BCUT2D eigenvalue weighted by Crippen LogP contribution is 2.43. The van der Waals surface area contributed by atoms with Gasteiger partial charge in [0.05, 0.1) is 10.5 Å². The fourth-order valence-corrected chi connectivity index (χ4v) is 4.09. The number of hydrogen-bond acceptors (Lipinski definition) is 4. The number of carbonyl (C=O) groups is 1. The molecule has 154 valence electrons. The van der Waals surface area contributed by atoms with Gasteiger partial charge in [0.25, 0.3) is 0 Å². The lowest BCUT2D eigenvalue weighted by atomic mass is 9.89. The number of carbonyl (C=O) groups excluding carboxylic acids is 1. The minimum absolute atomic E-state index is 0.0384. The van der Waals surface area contributed by atoms with Crippen LogP contribution in [0.3, 0.4) is 0 Å². The van der Waals surface area contributed by atoms with Crippen molar-refractivity contribution < 1.29 is 17.9 Å². The summed E-state index contributed by atoms with van der Waals surface area (Å²) in [4.78, 5) is 13.5. The SMILES string of the molecule is CCCCc1ccc(C2=C(c3ccc(S(C)(=O)=O)cc3)OC(C)(CC)C2=O)cc1. The van der Waals surface area contributed by atoms with Crippen LogP contribution in [0.15, 0.2) is 53.4 Å². The Hall–Kier alpha value is -2.40. The van der Waals surface area contributed by atoms with Crippen LogP contribution < -0.4 is 0 Å². The summed E-state index contributed by atoms with van der Waals surface area (Å²) in [6.07, 6.45) is 5.02. The largest absolute Gasteiger partial charge is 0.478 e. The first-order chi connectivity index (χ1) is 13.7. The zero-order chi connectivity index (χ0) is 21.2. The van der Waals surface area contributed by atoms with Crippen molar-refractivity contribution in [2.75, 3.05) is 6.26 Å². The van der Waals surface area contributed by atoms with Crippen LogP contribution in [0.4, 0.5) is 0 Å². The van der Waals surface area contributed by atoms with Gasteiger partial charge in [-0.05, 0) is 61.6 Å². The van der Waals surface area contributed by atoms with Gasteiger partial charge in [0.1, 0.15) is 5.76 Å². The molecule has 0 saturated carbocycles. The third kappa shape index (κ3) is 4.30. The number of ether oxygens (including phenoxy) is 1. The standard InChI is InChI=1S/C24H28O4S/c1-5-7-8-17-9-11-18(12-10-17)21-22(28-24(3,6-2)23(21)25)19-13-15-20(16-14-19)29(4,26)27/h9-16H,5-8H2,1-4H3. The van der Waals surface area contributed by atoms with E-state index in [-0.39, 0.29) is 10.7 Å². The molecule has 0 aliphatic carbocycles. The molecule has 0 N–H and O–H groups in total. The smallest absolute Gasteiger partial charge is 0.210 e. The average Bonchev–Trinajstić information content (AvgIpc) is 2.98. The highest BCUT2D eigenvalue weighted by molar-refractivity contribution is 7.90. The molecule has 0 amide bonds. The van der Waals surface area contributed by atoms with Gasteiger partial charge in [-0.2, -0.15) is 0 Å². The van der Waals surface area contributed by atoms with Gasteiger partial charge in [0, 0.05) is 11.8 Å². The van der Waals surface area contributed by atoms with Gasteiger partial charge < -0.3 is 4.74 Å². The van der Waals surface area contributed by atoms with Crippen molar-refractivity contribution in [2.24, 2.45) is 0 Å². The number of hydrogen-bond donors (Lipinski definition) is 0. The van der Waals surface area contributed by atoms with E-state index in [0.29, 0.717) is 23.3 Å². The molecule has 1 aliphatic heterocycles. The number of Topliss-reactive ketones (excluding diaryl/α,β-unsaturated/α-hetero) is 1. The van der Waals surface area contributed by atoms with Crippen LogP contribution in [-0.2, 0) is 25.8 Å². The van der Waals surface area contributed by atoms with E-state index in [1.54, 1.807) is 24.3 Å². The van der Waals surface area contributed by atoms with E-state index in [9.17, 15) is 13.2 Å². The Morgan fingerprint density at radius 2 is 1.52 bits per heavy atom. The summed E-state index contributed by atoms with van der Waals surface area (Å²) >= 11 is 0. The van der Waals surface area contributed by atoms with E-state index >= 15 is 0 Å². The molecule has 29 heavy (non-hydrogen) atoms. The Kier molecular flexibility index (Phi) is 5.99. The molecule has 0 spiro atoms. The Balaban J connectivity index is 2.06. The van der Waals surface area contributed by atoms with E-state index in [1.165, 1.54) is 11.8 Å². The topological polar surface area (TPSA) is 60.4 Å². The molecule has 5 heteroatoms.